The summed E-state index contributed by atoms with van der Waals surface area (Å²) in [5.74, 6) is 0.287. The van der Waals surface area contributed by atoms with Gasteiger partial charge in [0.05, 0.1) is 5.75 Å². The molecule has 0 fully saturated rings. The van der Waals surface area contributed by atoms with Crippen molar-refractivity contribution in [3.05, 3.63) is 0 Å². The summed E-state index contributed by atoms with van der Waals surface area (Å²) < 4.78 is 25.8. The molecule has 0 aliphatic heterocycles. The molecule has 0 saturated carbocycles. The normalized spacial score (nSPS) is 14.0. The van der Waals surface area contributed by atoms with E-state index >= 15 is 0 Å². The number of sulfonamides is 1. The molecule has 0 aromatic rings. The van der Waals surface area contributed by atoms with Gasteiger partial charge in [0.15, 0.2) is 0 Å². The highest BCUT2D eigenvalue weighted by Crippen LogP contribution is 2.22. The predicted octanol–water partition coefficient (Wildman–Crippen LogP) is 4.29. The van der Waals surface area contributed by atoms with Crippen molar-refractivity contribution in [3.8, 4) is 0 Å². The lowest BCUT2D eigenvalue weighted by Crippen LogP contribution is -2.36. The Balaban J connectivity index is 3.94. The maximum atomic E-state index is 12.1. The molecule has 0 unspecified atom stereocenters. The highest BCUT2D eigenvalue weighted by molar-refractivity contribution is 7.89. The quantitative estimate of drug-likeness (QED) is 0.627. The molecule has 0 aromatic carbocycles. The first kappa shape index (κ1) is 19.9. The third-order valence-electron chi connectivity index (χ3n) is 3.25. The Bertz CT molecular complexity index is 361. The SMILES string of the molecule is CN(CC(C)(C)C)S(=O)(=O)CCCCCCC(C)(C)C. The Labute approximate surface area is 127 Å². The Hall–Kier alpha value is -0.0900. The van der Waals surface area contributed by atoms with Crippen molar-refractivity contribution >= 4 is 10.0 Å². The van der Waals surface area contributed by atoms with E-state index in [1.54, 1.807) is 7.05 Å². The van der Waals surface area contributed by atoms with Crippen molar-refractivity contribution in [2.24, 2.45) is 10.8 Å². The van der Waals surface area contributed by atoms with E-state index in [-0.39, 0.29) is 11.2 Å². The van der Waals surface area contributed by atoms with Gasteiger partial charge in [-0.1, -0.05) is 60.8 Å². The van der Waals surface area contributed by atoms with Crippen LogP contribution in [-0.2, 0) is 10.0 Å². The summed E-state index contributed by atoms with van der Waals surface area (Å²) >= 11 is 0. The van der Waals surface area contributed by atoms with Crippen LogP contribution in [0.25, 0.3) is 0 Å². The van der Waals surface area contributed by atoms with Crippen LogP contribution in [-0.4, -0.2) is 32.1 Å². The van der Waals surface area contributed by atoms with E-state index < -0.39 is 10.0 Å². The summed E-state index contributed by atoms with van der Waals surface area (Å²) in [5.41, 5.74) is 0.396. The smallest absolute Gasteiger partial charge is 0.212 e. The average molecular weight is 306 g/mol. The molecular weight excluding hydrogens is 270 g/mol. The van der Waals surface area contributed by atoms with Crippen LogP contribution >= 0.6 is 0 Å². The molecule has 0 aliphatic rings. The van der Waals surface area contributed by atoms with Gasteiger partial charge in [-0.25, -0.2) is 12.7 Å². The first-order chi connectivity index (χ1) is 8.83. The zero-order valence-corrected chi connectivity index (χ0v) is 15.4. The summed E-state index contributed by atoms with van der Waals surface area (Å²) in [6.07, 6.45) is 5.33. The Morgan fingerprint density at radius 3 is 1.75 bits per heavy atom. The van der Waals surface area contributed by atoms with Crippen LogP contribution in [0.1, 0.15) is 73.6 Å². The van der Waals surface area contributed by atoms with Crippen molar-refractivity contribution in [1.82, 2.24) is 4.31 Å². The van der Waals surface area contributed by atoms with Crippen LogP contribution in [0.5, 0.6) is 0 Å². The third kappa shape index (κ3) is 10.7. The Kier molecular flexibility index (Phi) is 7.75. The zero-order chi connectivity index (χ0) is 16.0. The van der Waals surface area contributed by atoms with E-state index in [1.807, 2.05) is 0 Å². The molecule has 0 spiro atoms. The highest BCUT2D eigenvalue weighted by Gasteiger charge is 2.22. The number of hydrogen-bond acceptors (Lipinski definition) is 2. The Morgan fingerprint density at radius 1 is 0.800 bits per heavy atom. The zero-order valence-electron chi connectivity index (χ0n) is 14.6. The second-order valence-electron chi connectivity index (χ2n) is 8.36. The van der Waals surface area contributed by atoms with Crippen LogP contribution in [0, 0.1) is 10.8 Å². The molecule has 0 bridgehead atoms. The van der Waals surface area contributed by atoms with Gasteiger partial charge >= 0.3 is 0 Å². The summed E-state index contributed by atoms with van der Waals surface area (Å²) in [6.45, 7) is 13.5. The highest BCUT2D eigenvalue weighted by atomic mass is 32.2. The van der Waals surface area contributed by atoms with Crippen molar-refractivity contribution in [2.45, 2.75) is 73.6 Å². The van der Waals surface area contributed by atoms with E-state index in [2.05, 4.69) is 41.5 Å². The van der Waals surface area contributed by atoms with Crippen LogP contribution in [0.15, 0.2) is 0 Å². The van der Waals surface area contributed by atoms with Gasteiger partial charge in [-0.15, -0.1) is 0 Å². The van der Waals surface area contributed by atoms with Gasteiger partial charge in [0.2, 0.25) is 10.0 Å². The molecule has 122 valence electrons. The summed E-state index contributed by atoms with van der Waals surface area (Å²) in [5, 5.41) is 0. The van der Waals surface area contributed by atoms with E-state index in [9.17, 15) is 8.42 Å². The molecular formula is C16H35NO2S. The lowest BCUT2D eigenvalue weighted by molar-refractivity contribution is 0.310. The van der Waals surface area contributed by atoms with Crippen molar-refractivity contribution < 1.29 is 8.42 Å². The van der Waals surface area contributed by atoms with Crippen LogP contribution < -0.4 is 0 Å². The van der Waals surface area contributed by atoms with Gasteiger partial charge in [0.1, 0.15) is 0 Å². The Morgan fingerprint density at radius 2 is 1.30 bits per heavy atom. The molecule has 0 heterocycles. The van der Waals surface area contributed by atoms with Crippen LogP contribution in [0.4, 0.5) is 0 Å². The minimum Gasteiger partial charge on any atom is -0.212 e. The molecule has 0 aliphatic carbocycles. The van der Waals surface area contributed by atoms with E-state index in [0.29, 0.717) is 12.0 Å². The first-order valence-electron chi connectivity index (χ1n) is 7.78. The minimum absolute atomic E-state index is 0.00846. The maximum Gasteiger partial charge on any atom is 0.213 e. The third-order valence-corrected chi connectivity index (χ3v) is 5.13. The van der Waals surface area contributed by atoms with E-state index in [1.165, 1.54) is 17.1 Å². The molecule has 4 heteroatoms. The molecule has 0 amide bonds. The average Bonchev–Trinajstić information content (AvgIpc) is 2.19. The fraction of sp³-hybridized carbons (Fsp3) is 1.00. The first-order valence-corrected chi connectivity index (χ1v) is 9.38. The molecule has 0 radical (unpaired) electrons. The second kappa shape index (κ2) is 7.79. The van der Waals surface area contributed by atoms with Gasteiger partial charge in [0, 0.05) is 13.6 Å². The fourth-order valence-corrected chi connectivity index (χ4v) is 3.68. The van der Waals surface area contributed by atoms with Crippen molar-refractivity contribution in [2.75, 3.05) is 19.3 Å². The largest absolute Gasteiger partial charge is 0.213 e. The summed E-state index contributed by atoms with van der Waals surface area (Å²) in [4.78, 5) is 0. The van der Waals surface area contributed by atoms with Gasteiger partial charge < -0.3 is 0 Å². The number of nitrogens with zero attached hydrogens (tertiary/aromatic N) is 1. The van der Waals surface area contributed by atoms with E-state index in [0.717, 1.165) is 19.3 Å². The molecule has 0 rings (SSSR count). The molecule has 0 atom stereocenters. The van der Waals surface area contributed by atoms with E-state index in [4.69, 9.17) is 0 Å². The topological polar surface area (TPSA) is 37.4 Å². The molecule has 0 N–H and O–H groups in total. The predicted molar refractivity (Wildman–Crippen MR) is 88.4 cm³/mol. The molecule has 20 heavy (non-hydrogen) atoms. The number of hydrogen-bond donors (Lipinski definition) is 0. The lowest BCUT2D eigenvalue weighted by Gasteiger charge is -2.26. The number of rotatable bonds is 8. The summed E-state index contributed by atoms with van der Waals surface area (Å²) in [6, 6.07) is 0. The fourth-order valence-electron chi connectivity index (χ4n) is 2.22. The lowest BCUT2D eigenvalue weighted by atomic mass is 9.89. The van der Waals surface area contributed by atoms with Crippen LogP contribution in [0.3, 0.4) is 0 Å². The van der Waals surface area contributed by atoms with Crippen molar-refractivity contribution in [1.29, 1.82) is 0 Å². The second-order valence-corrected chi connectivity index (χ2v) is 10.6. The number of unbranched alkanes of at least 4 members (excludes halogenated alkanes) is 3. The van der Waals surface area contributed by atoms with Gasteiger partial charge in [-0.05, 0) is 23.7 Å². The van der Waals surface area contributed by atoms with Crippen molar-refractivity contribution in [3.63, 3.8) is 0 Å². The van der Waals surface area contributed by atoms with Crippen LogP contribution in [0.2, 0.25) is 0 Å². The standard InChI is InChI=1S/C16H35NO2S/c1-15(2,3)12-10-8-9-11-13-20(18,19)17(7)14-16(4,5)6/h8-14H2,1-7H3. The maximum absolute atomic E-state index is 12.1. The van der Waals surface area contributed by atoms with Gasteiger partial charge in [-0.2, -0.15) is 0 Å². The molecule has 0 saturated heterocycles. The monoisotopic (exact) mass is 305 g/mol. The van der Waals surface area contributed by atoms with Gasteiger partial charge in [-0.3, -0.25) is 0 Å². The minimum atomic E-state index is -3.08. The molecule has 3 nitrogen and oxygen atoms in total. The summed E-state index contributed by atoms with van der Waals surface area (Å²) in [7, 11) is -1.38. The molecule has 0 aromatic heterocycles. The van der Waals surface area contributed by atoms with Gasteiger partial charge in [0.25, 0.3) is 0 Å².